The van der Waals surface area contributed by atoms with Crippen LogP contribution < -0.4 is 15.4 Å². The lowest BCUT2D eigenvalue weighted by Gasteiger charge is -2.30. The predicted octanol–water partition coefficient (Wildman–Crippen LogP) is 1.57. The van der Waals surface area contributed by atoms with Gasteiger partial charge in [0, 0.05) is 6.54 Å². The van der Waals surface area contributed by atoms with E-state index >= 15 is 0 Å². The van der Waals surface area contributed by atoms with Crippen molar-refractivity contribution in [2.24, 2.45) is 5.73 Å². The molecule has 158 valence electrons. The first-order valence-corrected chi connectivity index (χ1v) is 10.7. The lowest BCUT2D eigenvalue weighted by Crippen LogP contribution is -2.42. The molecule has 0 fully saturated rings. The number of nitrogens with zero attached hydrogens (tertiary/aromatic N) is 1. The van der Waals surface area contributed by atoms with Crippen molar-refractivity contribution >= 4 is 33.6 Å². The average Bonchev–Trinajstić information content (AvgIpc) is 2.72. The molecule has 0 spiro atoms. The molecule has 2 aromatic rings. The molecule has 9 nitrogen and oxygen atoms in total. The Morgan fingerprint density at radius 3 is 2.43 bits per heavy atom. The number of primary amides is 1. The van der Waals surface area contributed by atoms with Crippen LogP contribution in [-0.2, 0) is 26.0 Å². The average molecular weight is 431 g/mol. The number of hydrogen-bond donors (Lipinski definition) is 2. The Morgan fingerprint density at radius 2 is 1.77 bits per heavy atom. The fourth-order valence-corrected chi connectivity index (χ4v) is 4.69. The van der Waals surface area contributed by atoms with Crippen molar-refractivity contribution in [1.82, 2.24) is 5.32 Å². The Labute approximate surface area is 173 Å². The summed E-state index contributed by atoms with van der Waals surface area (Å²) in [6.07, 6.45) is 0.277. The molecule has 3 rings (SSSR count). The van der Waals surface area contributed by atoms with Crippen molar-refractivity contribution in [2.75, 3.05) is 10.8 Å². The number of anilines is 1. The monoisotopic (exact) mass is 431 g/mol. The highest BCUT2D eigenvalue weighted by Crippen LogP contribution is 2.31. The van der Waals surface area contributed by atoms with Crippen molar-refractivity contribution in [2.45, 2.75) is 30.8 Å². The van der Waals surface area contributed by atoms with E-state index < -0.39 is 34.0 Å². The normalized spacial score (nSPS) is 14.4. The number of rotatable bonds is 5. The fourth-order valence-electron chi connectivity index (χ4n) is 3.14. The molecular weight excluding hydrogens is 410 g/mol. The van der Waals surface area contributed by atoms with Gasteiger partial charge in [0.2, 0.25) is 0 Å². The van der Waals surface area contributed by atoms with E-state index in [-0.39, 0.29) is 10.5 Å². The minimum absolute atomic E-state index is 0.0373. The van der Waals surface area contributed by atoms with Gasteiger partial charge in [-0.1, -0.05) is 18.2 Å². The number of para-hydroxylation sites is 1. The molecule has 10 heteroatoms. The van der Waals surface area contributed by atoms with Gasteiger partial charge in [0.25, 0.3) is 15.9 Å². The quantitative estimate of drug-likeness (QED) is 0.690. The van der Waals surface area contributed by atoms with Gasteiger partial charge in [-0.3, -0.25) is 14.4 Å². The number of fused-ring (bicyclic) bond motifs is 1. The number of imide groups is 1. The van der Waals surface area contributed by atoms with Crippen molar-refractivity contribution in [3.63, 3.8) is 0 Å². The maximum Gasteiger partial charge on any atom is 0.338 e. The van der Waals surface area contributed by atoms with Crippen LogP contribution in [0.2, 0.25) is 0 Å². The number of carbonyl (C=O) groups is 3. The summed E-state index contributed by atoms with van der Waals surface area (Å²) in [5, 5.41) is 1.81. The topological polar surface area (TPSA) is 136 Å². The summed E-state index contributed by atoms with van der Waals surface area (Å²) in [7, 11) is -3.80. The molecule has 0 radical (unpaired) electrons. The van der Waals surface area contributed by atoms with Gasteiger partial charge in [-0.25, -0.2) is 18.0 Å². The van der Waals surface area contributed by atoms with E-state index in [1.165, 1.54) is 35.5 Å². The van der Waals surface area contributed by atoms with Crippen LogP contribution in [0.15, 0.2) is 53.4 Å². The Kier molecular flexibility index (Phi) is 6.06. The third kappa shape index (κ3) is 4.43. The van der Waals surface area contributed by atoms with E-state index in [1.807, 2.05) is 17.4 Å². The largest absolute Gasteiger partial charge is 0.449 e. The highest BCUT2D eigenvalue weighted by atomic mass is 32.2. The van der Waals surface area contributed by atoms with Crippen LogP contribution >= 0.6 is 0 Å². The minimum atomic E-state index is -3.80. The van der Waals surface area contributed by atoms with Crippen molar-refractivity contribution in [3.8, 4) is 0 Å². The number of carbonyl (C=O) groups excluding carboxylic acids is 3. The first kappa shape index (κ1) is 21.3. The number of nitrogens with one attached hydrogen (secondary N) is 1. The van der Waals surface area contributed by atoms with Crippen molar-refractivity contribution in [1.29, 1.82) is 0 Å². The molecule has 1 atom stereocenters. The van der Waals surface area contributed by atoms with Gasteiger partial charge in [0.1, 0.15) is 0 Å². The number of urea groups is 1. The molecule has 1 heterocycles. The standard InChI is InChI=1S/C20H21N3O6S/c1-13(18(24)22-20(21)26)29-19(25)15-8-10-16(11-9-15)30(27,28)23-12-4-6-14-5-2-3-7-17(14)23/h2-3,5,7-11,13H,4,6,12H2,1H3,(H3,21,22,24,26)/t13-/m0/s1. The number of benzene rings is 2. The second kappa shape index (κ2) is 8.54. The lowest BCUT2D eigenvalue weighted by atomic mass is 10.0. The first-order valence-electron chi connectivity index (χ1n) is 9.22. The number of esters is 1. The minimum Gasteiger partial charge on any atom is -0.449 e. The van der Waals surface area contributed by atoms with Crippen LogP contribution in [0.3, 0.4) is 0 Å². The van der Waals surface area contributed by atoms with Crippen LogP contribution in [-0.4, -0.2) is 39.0 Å². The first-order chi connectivity index (χ1) is 14.2. The second-order valence-electron chi connectivity index (χ2n) is 6.73. The summed E-state index contributed by atoms with van der Waals surface area (Å²) >= 11 is 0. The molecule has 1 aliphatic rings. The zero-order chi connectivity index (χ0) is 21.9. The number of sulfonamides is 1. The van der Waals surface area contributed by atoms with E-state index in [0.29, 0.717) is 18.7 Å². The molecule has 0 saturated carbocycles. The Balaban J connectivity index is 1.76. The summed E-state index contributed by atoms with van der Waals surface area (Å²) in [6.45, 7) is 1.65. The second-order valence-corrected chi connectivity index (χ2v) is 8.60. The molecular formula is C20H21N3O6S. The van der Waals surface area contributed by atoms with Crippen LogP contribution in [0.5, 0.6) is 0 Å². The summed E-state index contributed by atoms with van der Waals surface area (Å²) in [4.78, 5) is 34.5. The summed E-state index contributed by atoms with van der Waals surface area (Å²) in [5.74, 6) is -1.70. The maximum atomic E-state index is 13.1. The number of ether oxygens (including phenoxy) is 1. The molecule has 30 heavy (non-hydrogen) atoms. The Hall–Kier alpha value is -3.40. The number of aryl methyl sites for hydroxylation is 1. The van der Waals surface area contributed by atoms with Gasteiger partial charge in [0.05, 0.1) is 16.1 Å². The van der Waals surface area contributed by atoms with E-state index in [1.54, 1.807) is 12.1 Å². The summed E-state index contributed by atoms with van der Waals surface area (Å²) in [6, 6.07) is 11.5. The zero-order valence-electron chi connectivity index (χ0n) is 16.2. The SMILES string of the molecule is C[C@H](OC(=O)c1ccc(S(=O)(=O)N2CCCc3ccccc32)cc1)C(=O)NC(N)=O. The molecule has 0 bridgehead atoms. The smallest absolute Gasteiger partial charge is 0.338 e. The molecule has 3 N–H and O–H groups in total. The molecule has 3 amide bonds. The Bertz CT molecular complexity index is 1080. The van der Waals surface area contributed by atoms with Gasteiger partial charge in [-0.2, -0.15) is 0 Å². The van der Waals surface area contributed by atoms with Gasteiger partial charge in [0.15, 0.2) is 6.10 Å². The third-order valence-electron chi connectivity index (χ3n) is 4.65. The molecule has 0 saturated heterocycles. The fraction of sp³-hybridized carbons (Fsp3) is 0.250. The molecule has 0 aliphatic carbocycles. The van der Waals surface area contributed by atoms with Gasteiger partial charge >= 0.3 is 12.0 Å². The summed E-state index contributed by atoms with van der Waals surface area (Å²) in [5.41, 5.74) is 6.53. The van der Waals surface area contributed by atoms with E-state index in [9.17, 15) is 22.8 Å². The van der Waals surface area contributed by atoms with Crippen molar-refractivity contribution < 1.29 is 27.5 Å². The van der Waals surface area contributed by atoms with Crippen LogP contribution in [0.4, 0.5) is 10.5 Å². The van der Waals surface area contributed by atoms with E-state index in [2.05, 4.69) is 0 Å². The van der Waals surface area contributed by atoms with Gasteiger partial charge < -0.3 is 10.5 Å². The van der Waals surface area contributed by atoms with Crippen LogP contribution in [0, 0.1) is 0 Å². The molecule has 2 aromatic carbocycles. The molecule has 0 aromatic heterocycles. The lowest BCUT2D eigenvalue weighted by molar-refractivity contribution is -0.127. The third-order valence-corrected chi connectivity index (χ3v) is 6.47. The number of amides is 3. The maximum absolute atomic E-state index is 13.1. The van der Waals surface area contributed by atoms with Crippen molar-refractivity contribution in [3.05, 3.63) is 59.7 Å². The van der Waals surface area contributed by atoms with Crippen LogP contribution in [0.1, 0.15) is 29.3 Å². The zero-order valence-corrected chi connectivity index (χ0v) is 17.0. The van der Waals surface area contributed by atoms with Gasteiger partial charge in [-0.05, 0) is 55.7 Å². The van der Waals surface area contributed by atoms with E-state index in [4.69, 9.17) is 10.5 Å². The van der Waals surface area contributed by atoms with Gasteiger partial charge in [-0.15, -0.1) is 0 Å². The highest BCUT2D eigenvalue weighted by molar-refractivity contribution is 7.92. The molecule has 0 unspecified atom stereocenters. The van der Waals surface area contributed by atoms with E-state index in [0.717, 1.165) is 12.0 Å². The Morgan fingerprint density at radius 1 is 1.10 bits per heavy atom. The predicted molar refractivity (Wildman–Crippen MR) is 108 cm³/mol. The summed E-state index contributed by atoms with van der Waals surface area (Å²) < 4.78 is 32.6. The number of hydrogen-bond acceptors (Lipinski definition) is 6. The molecule has 1 aliphatic heterocycles. The van der Waals surface area contributed by atoms with Crippen LogP contribution in [0.25, 0.3) is 0 Å². The number of nitrogens with two attached hydrogens (primary N) is 1. The highest BCUT2D eigenvalue weighted by Gasteiger charge is 2.29.